The molecule has 0 aliphatic rings. The Kier molecular flexibility index (Phi) is 6.88. The van der Waals surface area contributed by atoms with Crippen LogP contribution in [0.5, 0.6) is 0 Å². The molecule has 0 bridgehead atoms. The van der Waals surface area contributed by atoms with Crippen molar-refractivity contribution in [3.05, 3.63) is 22.6 Å². The highest BCUT2D eigenvalue weighted by molar-refractivity contribution is 9.10. The molecule has 1 aromatic heterocycles. The number of rotatable bonds is 8. The second-order valence-electron chi connectivity index (χ2n) is 4.11. The van der Waals surface area contributed by atoms with Crippen molar-refractivity contribution in [2.75, 3.05) is 19.8 Å². The molecule has 0 saturated carbocycles. The van der Waals surface area contributed by atoms with E-state index in [9.17, 15) is 13.2 Å². The first-order valence-electron chi connectivity index (χ1n) is 6.05. The van der Waals surface area contributed by atoms with Crippen LogP contribution in [-0.2, 0) is 4.74 Å². The predicted octanol–water partition coefficient (Wildman–Crippen LogP) is 4.05. The Morgan fingerprint density at radius 3 is 2.68 bits per heavy atom. The van der Waals surface area contributed by atoms with Gasteiger partial charge in [-0.1, -0.05) is 6.92 Å². The van der Waals surface area contributed by atoms with Crippen molar-refractivity contribution in [2.24, 2.45) is 0 Å². The number of hydrogen-bond acceptors (Lipinski definition) is 3. The molecular weight excluding hydrogens is 327 g/mol. The molecule has 1 N–H and O–H groups in total. The Morgan fingerprint density at radius 1 is 1.42 bits per heavy atom. The van der Waals surface area contributed by atoms with Crippen molar-refractivity contribution in [1.82, 2.24) is 5.32 Å². The molecule has 0 spiro atoms. The van der Waals surface area contributed by atoms with Gasteiger partial charge < -0.3 is 14.5 Å². The summed E-state index contributed by atoms with van der Waals surface area (Å²) in [4.78, 5) is 0. The molecule has 1 aromatic rings. The van der Waals surface area contributed by atoms with Gasteiger partial charge in [-0.25, -0.2) is 0 Å². The molecule has 1 unspecified atom stereocenters. The molecule has 0 aliphatic heterocycles. The standard InChI is InChI=1S/C12H17BrF3NO2/c1-2-6-17-9(10-3-4-11(13)19-10)5-7-18-8-12(14,15)16/h3-4,9,17H,2,5-8H2,1H3. The smallest absolute Gasteiger partial charge is 0.411 e. The van der Waals surface area contributed by atoms with Crippen LogP contribution in [0.4, 0.5) is 13.2 Å². The summed E-state index contributed by atoms with van der Waals surface area (Å²) in [6, 6.07) is 3.41. The second-order valence-corrected chi connectivity index (χ2v) is 4.89. The average Bonchev–Trinajstić information content (AvgIpc) is 2.73. The molecule has 0 amide bonds. The summed E-state index contributed by atoms with van der Waals surface area (Å²) in [5, 5.41) is 3.22. The molecule has 7 heteroatoms. The van der Waals surface area contributed by atoms with E-state index in [-0.39, 0.29) is 12.6 Å². The topological polar surface area (TPSA) is 34.4 Å². The van der Waals surface area contributed by atoms with Gasteiger partial charge in [-0.05, 0) is 47.4 Å². The van der Waals surface area contributed by atoms with E-state index in [4.69, 9.17) is 4.42 Å². The molecule has 3 nitrogen and oxygen atoms in total. The fourth-order valence-corrected chi connectivity index (χ4v) is 1.89. The Bertz CT molecular complexity index is 368. The highest BCUT2D eigenvalue weighted by atomic mass is 79.9. The minimum absolute atomic E-state index is 0.0270. The maximum atomic E-state index is 11.9. The Balaban J connectivity index is 2.42. The quantitative estimate of drug-likeness (QED) is 0.723. The van der Waals surface area contributed by atoms with E-state index in [2.05, 4.69) is 26.0 Å². The third-order valence-electron chi connectivity index (χ3n) is 2.39. The molecule has 1 rings (SSSR count). The first-order chi connectivity index (χ1) is 8.92. The van der Waals surface area contributed by atoms with E-state index < -0.39 is 12.8 Å². The highest BCUT2D eigenvalue weighted by Gasteiger charge is 2.27. The maximum Gasteiger partial charge on any atom is 0.411 e. The summed E-state index contributed by atoms with van der Waals surface area (Å²) in [5.74, 6) is 0.691. The van der Waals surface area contributed by atoms with Crippen molar-refractivity contribution in [1.29, 1.82) is 0 Å². The normalized spacial score (nSPS) is 13.7. The zero-order valence-corrected chi connectivity index (χ0v) is 12.2. The third-order valence-corrected chi connectivity index (χ3v) is 2.82. The van der Waals surface area contributed by atoms with Crippen LogP contribution in [0.1, 0.15) is 31.6 Å². The molecular formula is C12H17BrF3NO2. The molecule has 19 heavy (non-hydrogen) atoms. The number of hydrogen-bond donors (Lipinski definition) is 1. The van der Waals surface area contributed by atoms with Gasteiger partial charge in [0.1, 0.15) is 12.4 Å². The lowest BCUT2D eigenvalue weighted by atomic mass is 10.1. The fourth-order valence-electron chi connectivity index (χ4n) is 1.57. The van der Waals surface area contributed by atoms with Gasteiger partial charge in [-0.2, -0.15) is 13.2 Å². The Labute approximate surface area is 118 Å². The highest BCUT2D eigenvalue weighted by Crippen LogP contribution is 2.23. The van der Waals surface area contributed by atoms with Crippen LogP contribution < -0.4 is 5.32 Å². The summed E-state index contributed by atoms with van der Waals surface area (Å²) in [6.45, 7) is 1.60. The minimum atomic E-state index is -4.28. The Hall–Kier alpha value is -0.530. The van der Waals surface area contributed by atoms with Crippen LogP contribution >= 0.6 is 15.9 Å². The van der Waals surface area contributed by atoms with Gasteiger partial charge >= 0.3 is 6.18 Å². The predicted molar refractivity (Wildman–Crippen MR) is 68.9 cm³/mol. The summed E-state index contributed by atoms with van der Waals surface area (Å²) in [7, 11) is 0. The molecule has 0 aromatic carbocycles. The van der Waals surface area contributed by atoms with Gasteiger partial charge in [0.15, 0.2) is 4.67 Å². The SMILES string of the molecule is CCCNC(CCOCC(F)(F)F)c1ccc(Br)o1. The molecule has 1 atom stereocenters. The molecule has 0 saturated heterocycles. The average molecular weight is 344 g/mol. The number of halogens is 4. The summed E-state index contributed by atoms with van der Waals surface area (Å²) in [6.07, 6.45) is -2.92. The van der Waals surface area contributed by atoms with Gasteiger partial charge in [0.05, 0.1) is 6.04 Å². The van der Waals surface area contributed by atoms with Gasteiger partial charge in [-0.3, -0.25) is 0 Å². The van der Waals surface area contributed by atoms with Crippen LogP contribution in [0.15, 0.2) is 21.2 Å². The zero-order valence-electron chi connectivity index (χ0n) is 10.6. The number of alkyl halides is 3. The monoisotopic (exact) mass is 343 g/mol. The van der Waals surface area contributed by atoms with E-state index in [0.29, 0.717) is 16.9 Å². The van der Waals surface area contributed by atoms with Crippen LogP contribution in [0.2, 0.25) is 0 Å². The molecule has 0 fully saturated rings. The lowest BCUT2D eigenvalue weighted by Gasteiger charge is -2.16. The van der Waals surface area contributed by atoms with E-state index >= 15 is 0 Å². The maximum absolute atomic E-state index is 11.9. The van der Waals surface area contributed by atoms with E-state index in [0.717, 1.165) is 13.0 Å². The summed E-state index contributed by atoms with van der Waals surface area (Å²) in [5.41, 5.74) is 0. The van der Waals surface area contributed by atoms with Crippen molar-refractivity contribution in [2.45, 2.75) is 32.0 Å². The fraction of sp³-hybridized carbons (Fsp3) is 0.667. The van der Waals surface area contributed by atoms with Gasteiger partial charge in [0.25, 0.3) is 0 Å². The van der Waals surface area contributed by atoms with Crippen LogP contribution in [-0.4, -0.2) is 25.9 Å². The number of ether oxygens (including phenoxy) is 1. The van der Waals surface area contributed by atoms with Crippen LogP contribution in [0.3, 0.4) is 0 Å². The summed E-state index contributed by atoms with van der Waals surface area (Å²) < 4.78 is 46.5. The minimum Gasteiger partial charge on any atom is -0.453 e. The van der Waals surface area contributed by atoms with Crippen molar-refractivity contribution in [3.8, 4) is 0 Å². The summed E-state index contributed by atoms with van der Waals surface area (Å²) >= 11 is 3.20. The molecule has 1 heterocycles. The molecule has 0 radical (unpaired) electrons. The van der Waals surface area contributed by atoms with E-state index in [1.54, 1.807) is 12.1 Å². The van der Waals surface area contributed by atoms with E-state index in [1.165, 1.54) is 0 Å². The molecule has 110 valence electrons. The number of nitrogens with one attached hydrogen (secondary N) is 1. The van der Waals surface area contributed by atoms with Gasteiger partial charge in [-0.15, -0.1) is 0 Å². The van der Waals surface area contributed by atoms with E-state index in [1.807, 2.05) is 6.92 Å². The lowest BCUT2D eigenvalue weighted by Crippen LogP contribution is -2.24. The Morgan fingerprint density at radius 2 is 2.16 bits per heavy atom. The molecule has 0 aliphatic carbocycles. The van der Waals surface area contributed by atoms with Crippen LogP contribution in [0.25, 0.3) is 0 Å². The first-order valence-corrected chi connectivity index (χ1v) is 6.85. The third kappa shape index (κ3) is 6.98. The van der Waals surface area contributed by atoms with Crippen LogP contribution in [0, 0.1) is 0 Å². The van der Waals surface area contributed by atoms with Gasteiger partial charge in [0.2, 0.25) is 0 Å². The second kappa shape index (κ2) is 7.91. The van der Waals surface area contributed by atoms with Crippen molar-refractivity contribution in [3.63, 3.8) is 0 Å². The van der Waals surface area contributed by atoms with Gasteiger partial charge in [0, 0.05) is 6.61 Å². The van der Waals surface area contributed by atoms with Crippen molar-refractivity contribution >= 4 is 15.9 Å². The lowest BCUT2D eigenvalue weighted by molar-refractivity contribution is -0.174. The first kappa shape index (κ1) is 16.5. The zero-order chi connectivity index (χ0) is 14.3. The largest absolute Gasteiger partial charge is 0.453 e. The number of furan rings is 1. The van der Waals surface area contributed by atoms with Crippen molar-refractivity contribution < 1.29 is 22.3 Å².